The van der Waals surface area contributed by atoms with Crippen LogP contribution in [0.1, 0.15) is 166 Å². The van der Waals surface area contributed by atoms with E-state index in [-0.39, 0.29) is 47.8 Å². The van der Waals surface area contributed by atoms with Crippen molar-refractivity contribution in [1.82, 2.24) is 58.5 Å². The summed E-state index contributed by atoms with van der Waals surface area (Å²) in [5, 5.41) is 0. The van der Waals surface area contributed by atoms with Gasteiger partial charge in [-0.05, 0) is 128 Å². The third-order valence-corrected chi connectivity index (χ3v) is 10.7. The van der Waals surface area contributed by atoms with Crippen LogP contribution in [0, 0.1) is 13.3 Å². The molecule has 0 aliphatic heterocycles. The zero-order chi connectivity index (χ0) is 61.9. The minimum atomic E-state index is -0.106. The maximum absolute atomic E-state index is 4.81. The molecular weight excluding hydrogens is 1380 g/mol. The molecule has 0 aliphatic rings. The smallest absolute Gasteiger partial charge is 0.0267 e. The number of hydrogen-bond donors (Lipinski definition) is 0. The molecule has 0 unspecified atom stereocenters. The van der Waals surface area contributed by atoms with Crippen LogP contribution in [0.4, 0.5) is 0 Å². The molecule has 4 rings (SSSR count). The summed E-state index contributed by atoms with van der Waals surface area (Å²) in [6.07, 6.45) is 17.8. The van der Waals surface area contributed by atoms with Crippen molar-refractivity contribution < 1.29 is 47.8 Å². The van der Waals surface area contributed by atoms with E-state index in [2.05, 4.69) is 229 Å². The standard InChI is InChI=1S/C13H30N2.2C13H29N2.2C5H5N.2C4H6N2.6ClH.3Pd/c3*1-10(2)14(11(3)4)9-15(12(5)6)13(7)8;2*1-2-4-6-5-3-1;2*1-6-3-2-5-4-6;;;;;;;;;/h10-13H,9H2,1-8H3;2*9-13H,1-8H3;2*1-5H;2*2-4H,1H3;6*1H;;;/q;2*-1;;;;;;;;;;;3*+2/p-6. The zero-order valence-electron chi connectivity index (χ0n) is 52.6. The Balaban J connectivity index is -0.000000194. The number of hydrogen-bond acceptors (Lipinski definition) is 10. The molecule has 78 heavy (non-hydrogen) atoms. The molecule has 12 nitrogen and oxygen atoms in total. The number of aromatic nitrogens is 6. The fourth-order valence-corrected chi connectivity index (χ4v) is 7.07. The first-order chi connectivity index (χ1) is 36.3. The van der Waals surface area contributed by atoms with Crippen LogP contribution in [-0.2, 0) is 61.9 Å². The van der Waals surface area contributed by atoms with Gasteiger partial charge in [-0.15, -0.1) is 0 Å². The van der Waals surface area contributed by atoms with E-state index >= 15 is 0 Å². The molecule has 4 aromatic rings. The van der Waals surface area contributed by atoms with E-state index in [0.29, 0.717) is 72.5 Å². The van der Waals surface area contributed by atoms with Gasteiger partial charge in [0.1, 0.15) is 0 Å². The van der Waals surface area contributed by atoms with E-state index in [0.717, 1.165) is 6.67 Å². The van der Waals surface area contributed by atoms with Crippen molar-refractivity contribution in [2.75, 3.05) is 6.67 Å². The van der Waals surface area contributed by atoms with E-state index in [9.17, 15) is 0 Å². The van der Waals surface area contributed by atoms with Gasteiger partial charge in [-0.1, -0.05) is 123 Å². The SMILES string of the molecule is CC(C)N(CN(C(C)C)C(C)C)C(C)C.CC(C)N([CH-]N(C(C)C)C(C)C)C(C)C.CC(C)N([CH-]N(C(C)C)C(C)C)C(C)C.Cn1ccnc1.Cn1ccnc1.[Cl][Pd][Cl].[Cl][Pd][Cl].[Cl][Pd][Cl].c1ccncc1.c1ccncc1. The second-order valence-electron chi connectivity index (χ2n) is 21.0. The molecule has 0 amide bonds. The van der Waals surface area contributed by atoms with Gasteiger partial charge in [-0.25, -0.2) is 23.3 Å². The van der Waals surface area contributed by atoms with Gasteiger partial charge in [-0.3, -0.25) is 19.8 Å². The van der Waals surface area contributed by atoms with Crippen LogP contribution in [0.25, 0.3) is 0 Å². The Morgan fingerprint density at radius 3 is 0.590 bits per heavy atom. The van der Waals surface area contributed by atoms with Crippen molar-refractivity contribution in [1.29, 1.82) is 0 Å². The van der Waals surface area contributed by atoms with Crippen LogP contribution in [0.15, 0.2) is 98.6 Å². The maximum atomic E-state index is 4.81. The summed E-state index contributed by atoms with van der Waals surface area (Å²) in [6, 6.07) is 18.4. The number of rotatable bonds is 18. The second kappa shape index (κ2) is 60.3. The van der Waals surface area contributed by atoms with Crippen molar-refractivity contribution in [3.8, 4) is 0 Å². The molecular formula is C57H110Cl6N12Pd3-2. The molecule has 0 aromatic carbocycles. The maximum Gasteiger partial charge on any atom is 0.0267 e. The predicted octanol–water partition coefficient (Wildman–Crippen LogP) is 17.0. The Bertz CT molecular complexity index is 1370. The minimum Gasteiger partial charge on any atom is -0.265 e. The normalized spacial score (nSPS) is 11.1. The third-order valence-electron chi connectivity index (χ3n) is 10.7. The first-order valence-electron chi connectivity index (χ1n) is 26.7. The van der Waals surface area contributed by atoms with Crippen molar-refractivity contribution in [2.45, 2.75) is 239 Å². The Hall–Kier alpha value is 0.207. The summed E-state index contributed by atoms with van der Waals surface area (Å²) in [6.45, 7) is 59.8. The van der Waals surface area contributed by atoms with Crippen LogP contribution in [-0.4, -0.2) is 138 Å². The van der Waals surface area contributed by atoms with Gasteiger partial charge in [0, 0.05) is 87.8 Å². The van der Waals surface area contributed by atoms with E-state index in [1.165, 1.54) is 0 Å². The summed E-state index contributed by atoms with van der Waals surface area (Å²) in [5.41, 5.74) is 0. The first kappa shape index (κ1) is 89.4. The number of imidazole rings is 2. The Morgan fingerprint density at radius 2 is 0.513 bits per heavy atom. The third kappa shape index (κ3) is 58.0. The molecule has 0 saturated heterocycles. The van der Waals surface area contributed by atoms with E-state index < -0.39 is 0 Å². The number of pyridine rings is 2. The average Bonchev–Trinajstić information content (AvgIpc) is 4.04. The molecule has 0 radical (unpaired) electrons. The topological polar surface area (TPSA) is 80.9 Å². The van der Waals surface area contributed by atoms with E-state index in [4.69, 9.17) is 57.2 Å². The van der Waals surface area contributed by atoms with Gasteiger partial charge in [-0.2, -0.15) is 0 Å². The monoisotopic (exact) mass is 1490 g/mol. The summed E-state index contributed by atoms with van der Waals surface area (Å²) >= 11 is -0.317. The molecule has 472 valence electrons. The number of nitrogens with zero attached hydrogens (tertiary/aromatic N) is 12. The van der Waals surface area contributed by atoms with Crippen molar-refractivity contribution in [2.24, 2.45) is 14.1 Å². The number of halogens is 6. The van der Waals surface area contributed by atoms with Crippen LogP contribution in [0.3, 0.4) is 0 Å². The zero-order valence-corrected chi connectivity index (χ0v) is 61.8. The molecule has 0 bridgehead atoms. The van der Waals surface area contributed by atoms with Crippen LogP contribution < -0.4 is 0 Å². The summed E-state index contributed by atoms with van der Waals surface area (Å²) in [4.78, 5) is 29.9. The molecule has 21 heteroatoms. The van der Waals surface area contributed by atoms with Crippen LogP contribution in [0.5, 0.6) is 0 Å². The fourth-order valence-electron chi connectivity index (χ4n) is 7.07. The van der Waals surface area contributed by atoms with Crippen molar-refractivity contribution >= 4 is 57.2 Å². The van der Waals surface area contributed by atoms with Crippen LogP contribution in [0.2, 0.25) is 0 Å². The molecule has 0 N–H and O–H groups in total. The molecule has 0 spiro atoms. The summed E-state index contributed by atoms with van der Waals surface area (Å²) in [7, 11) is 32.8. The average molecular weight is 1500 g/mol. The van der Waals surface area contributed by atoms with Gasteiger partial charge in [0.25, 0.3) is 0 Å². The molecule has 0 atom stereocenters. The van der Waals surface area contributed by atoms with Crippen molar-refractivity contribution in [3.63, 3.8) is 0 Å². The molecule has 4 heterocycles. The van der Waals surface area contributed by atoms with Crippen LogP contribution >= 0.6 is 57.2 Å². The second-order valence-corrected chi connectivity index (χ2v) is 28.0. The first-order valence-corrected chi connectivity index (χ1v) is 38.7. The van der Waals surface area contributed by atoms with E-state index in [1.54, 1.807) is 49.8 Å². The predicted molar refractivity (Wildman–Crippen MR) is 336 cm³/mol. The summed E-state index contributed by atoms with van der Waals surface area (Å²) < 4.78 is 3.78. The summed E-state index contributed by atoms with van der Waals surface area (Å²) in [5.74, 6) is 0. The Morgan fingerprint density at radius 1 is 0.321 bits per heavy atom. The van der Waals surface area contributed by atoms with Gasteiger partial charge in [0.15, 0.2) is 0 Å². The van der Waals surface area contributed by atoms with E-state index in [1.807, 2.05) is 72.0 Å². The Labute approximate surface area is 529 Å². The number of aryl methyl sites for hydroxylation is 2. The Kier molecular flexibility index (Phi) is 69.2. The fraction of sp³-hybridized carbons (Fsp3) is 0.684. The minimum absolute atomic E-state index is 0.106. The molecule has 0 fully saturated rings. The molecule has 4 aromatic heterocycles. The molecule has 0 saturated carbocycles. The largest absolute Gasteiger partial charge is 0.265 e. The van der Waals surface area contributed by atoms with Gasteiger partial charge < -0.3 is 28.7 Å². The van der Waals surface area contributed by atoms with Crippen molar-refractivity contribution in [3.05, 3.63) is 112 Å². The quantitative estimate of drug-likeness (QED) is 0.0546. The van der Waals surface area contributed by atoms with Gasteiger partial charge >= 0.3 is 105 Å². The molecule has 0 aliphatic carbocycles. The van der Waals surface area contributed by atoms with Gasteiger partial charge in [0.05, 0.1) is 19.3 Å². The van der Waals surface area contributed by atoms with Gasteiger partial charge in [0.2, 0.25) is 0 Å².